The number of nitrogens with one attached hydrogen (secondary N) is 1. The third-order valence-electron chi connectivity index (χ3n) is 5.33. The van der Waals surface area contributed by atoms with Crippen LogP contribution in [0.5, 0.6) is 0 Å². The number of amidine groups is 1. The molecular formula is C27H25N3O2S. The van der Waals surface area contributed by atoms with Crippen LogP contribution < -0.4 is 11.1 Å². The number of hydrogen-bond acceptors (Lipinski definition) is 4. The molecule has 5 nitrogen and oxygen atoms in total. The Labute approximate surface area is 197 Å². The molecule has 0 spiro atoms. The number of aryl methyl sites for hydroxylation is 1. The second-order valence-electron chi connectivity index (χ2n) is 7.69. The molecule has 0 aliphatic carbocycles. The SMILES string of the molecule is NC(=Nc1ccc(CCC(C(=O)O)c2cccc(Nc3ccccc3)c2)cc1)c1cccs1. The molecule has 1 heterocycles. The number of benzene rings is 3. The molecule has 4 rings (SSSR count). The highest BCUT2D eigenvalue weighted by atomic mass is 32.1. The Kier molecular flexibility index (Phi) is 7.17. The van der Waals surface area contributed by atoms with Gasteiger partial charge in [-0.05, 0) is 71.8 Å². The van der Waals surface area contributed by atoms with Crippen molar-refractivity contribution < 1.29 is 9.90 Å². The summed E-state index contributed by atoms with van der Waals surface area (Å²) in [5.41, 5.74) is 10.5. The van der Waals surface area contributed by atoms with Crippen LogP contribution in [0.25, 0.3) is 0 Å². The molecule has 3 aromatic carbocycles. The molecule has 0 radical (unpaired) electrons. The van der Waals surface area contributed by atoms with Crippen molar-refractivity contribution in [3.8, 4) is 0 Å². The second kappa shape index (κ2) is 10.6. The molecule has 1 unspecified atom stereocenters. The number of thiophene rings is 1. The maximum Gasteiger partial charge on any atom is 0.310 e. The lowest BCUT2D eigenvalue weighted by atomic mass is 9.92. The molecule has 0 aliphatic heterocycles. The number of carbonyl (C=O) groups is 1. The van der Waals surface area contributed by atoms with Crippen LogP contribution in [-0.4, -0.2) is 16.9 Å². The summed E-state index contributed by atoms with van der Waals surface area (Å²) in [4.78, 5) is 17.4. The highest BCUT2D eigenvalue weighted by molar-refractivity contribution is 7.12. The molecule has 166 valence electrons. The van der Waals surface area contributed by atoms with Crippen molar-refractivity contribution in [2.75, 3.05) is 5.32 Å². The van der Waals surface area contributed by atoms with Gasteiger partial charge in [0.2, 0.25) is 0 Å². The molecule has 0 bridgehead atoms. The number of rotatable bonds is 9. The van der Waals surface area contributed by atoms with Crippen LogP contribution in [0.15, 0.2) is 101 Å². The minimum Gasteiger partial charge on any atom is -0.481 e. The van der Waals surface area contributed by atoms with Gasteiger partial charge in [0.15, 0.2) is 0 Å². The van der Waals surface area contributed by atoms with Gasteiger partial charge in [-0.3, -0.25) is 4.79 Å². The first kappa shape index (κ1) is 22.3. The predicted molar refractivity (Wildman–Crippen MR) is 136 cm³/mol. The highest BCUT2D eigenvalue weighted by Gasteiger charge is 2.20. The van der Waals surface area contributed by atoms with Gasteiger partial charge in [-0.1, -0.05) is 48.5 Å². The van der Waals surface area contributed by atoms with Gasteiger partial charge in [-0.15, -0.1) is 11.3 Å². The lowest BCUT2D eigenvalue weighted by molar-refractivity contribution is -0.138. The summed E-state index contributed by atoms with van der Waals surface area (Å²) < 4.78 is 0. The molecular weight excluding hydrogens is 430 g/mol. The van der Waals surface area contributed by atoms with E-state index in [0.717, 1.165) is 33.1 Å². The molecule has 4 N–H and O–H groups in total. The van der Waals surface area contributed by atoms with Crippen molar-refractivity contribution >= 4 is 40.2 Å². The van der Waals surface area contributed by atoms with Crippen LogP contribution in [0.2, 0.25) is 0 Å². The molecule has 6 heteroatoms. The van der Waals surface area contributed by atoms with Crippen molar-refractivity contribution in [2.45, 2.75) is 18.8 Å². The van der Waals surface area contributed by atoms with Crippen LogP contribution in [0.1, 0.15) is 28.3 Å². The van der Waals surface area contributed by atoms with E-state index in [0.29, 0.717) is 18.7 Å². The quantitative estimate of drug-likeness (QED) is 0.203. The Morgan fingerprint density at radius 3 is 2.39 bits per heavy atom. The van der Waals surface area contributed by atoms with E-state index < -0.39 is 11.9 Å². The summed E-state index contributed by atoms with van der Waals surface area (Å²) in [6.45, 7) is 0. The Morgan fingerprint density at radius 1 is 0.939 bits per heavy atom. The number of nitrogens with two attached hydrogens (primary N) is 1. The molecule has 1 atom stereocenters. The lowest BCUT2D eigenvalue weighted by Crippen LogP contribution is -2.13. The molecule has 0 amide bonds. The Bertz CT molecular complexity index is 1220. The summed E-state index contributed by atoms with van der Waals surface area (Å²) in [6, 6.07) is 29.1. The Hall–Kier alpha value is -3.90. The average Bonchev–Trinajstić information content (AvgIpc) is 3.36. The van der Waals surface area contributed by atoms with Gasteiger partial charge < -0.3 is 16.2 Å². The van der Waals surface area contributed by atoms with Crippen LogP contribution in [-0.2, 0) is 11.2 Å². The average molecular weight is 456 g/mol. The van der Waals surface area contributed by atoms with E-state index in [1.54, 1.807) is 11.3 Å². The van der Waals surface area contributed by atoms with Crippen molar-refractivity contribution in [1.29, 1.82) is 0 Å². The van der Waals surface area contributed by atoms with E-state index in [-0.39, 0.29) is 0 Å². The van der Waals surface area contributed by atoms with E-state index in [2.05, 4.69) is 10.3 Å². The third-order valence-corrected chi connectivity index (χ3v) is 6.22. The molecule has 33 heavy (non-hydrogen) atoms. The Morgan fingerprint density at radius 2 is 1.70 bits per heavy atom. The first-order valence-electron chi connectivity index (χ1n) is 10.7. The second-order valence-corrected chi connectivity index (χ2v) is 8.63. The van der Waals surface area contributed by atoms with Crippen LogP contribution in [0.3, 0.4) is 0 Å². The number of hydrogen-bond donors (Lipinski definition) is 3. The molecule has 1 aromatic heterocycles. The van der Waals surface area contributed by atoms with Crippen molar-refractivity contribution in [3.63, 3.8) is 0 Å². The molecule has 0 aliphatic rings. The smallest absolute Gasteiger partial charge is 0.310 e. The molecule has 0 fully saturated rings. The van der Waals surface area contributed by atoms with E-state index in [4.69, 9.17) is 5.73 Å². The maximum atomic E-state index is 12.0. The van der Waals surface area contributed by atoms with E-state index in [1.165, 1.54) is 0 Å². The molecule has 0 saturated carbocycles. The van der Waals surface area contributed by atoms with Crippen LogP contribution >= 0.6 is 11.3 Å². The van der Waals surface area contributed by atoms with Gasteiger partial charge in [0.25, 0.3) is 0 Å². The van der Waals surface area contributed by atoms with Crippen LogP contribution in [0, 0.1) is 0 Å². The van der Waals surface area contributed by atoms with Gasteiger partial charge >= 0.3 is 5.97 Å². The number of carboxylic acids is 1. The number of para-hydroxylation sites is 1. The largest absolute Gasteiger partial charge is 0.481 e. The zero-order valence-corrected chi connectivity index (χ0v) is 18.8. The lowest BCUT2D eigenvalue weighted by Gasteiger charge is -2.15. The minimum absolute atomic E-state index is 0.493. The van der Waals surface area contributed by atoms with Crippen molar-refractivity contribution in [1.82, 2.24) is 0 Å². The summed E-state index contributed by atoms with van der Waals surface area (Å²) in [5.74, 6) is -0.917. The minimum atomic E-state index is -0.822. The number of carboxylic acid groups (broad SMARTS) is 1. The summed E-state index contributed by atoms with van der Waals surface area (Å²) >= 11 is 1.55. The zero-order chi connectivity index (χ0) is 23.0. The fourth-order valence-corrected chi connectivity index (χ4v) is 4.25. The van der Waals surface area contributed by atoms with Gasteiger partial charge in [0.1, 0.15) is 5.84 Å². The van der Waals surface area contributed by atoms with Crippen molar-refractivity contribution in [2.24, 2.45) is 10.7 Å². The molecule has 0 saturated heterocycles. The number of anilines is 2. The van der Waals surface area contributed by atoms with E-state index >= 15 is 0 Å². The maximum absolute atomic E-state index is 12.0. The van der Waals surface area contributed by atoms with Crippen molar-refractivity contribution in [3.05, 3.63) is 112 Å². The fraction of sp³-hybridized carbons (Fsp3) is 0.111. The first-order chi connectivity index (χ1) is 16.1. The van der Waals surface area contributed by atoms with Gasteiger partial charge in [-0.2, -0.15) is 0 Å². The normalized spacial score (nSPS) is 12.3. The summed E-state index contributed by atoms with van der Waals surface area (Å²) in [6.07, 6.45) is 1.15. The number of aliphatic carboxylic acids is 1. The number of aliphatic imine (C=N–C) groups is 1. The first-order valence-corrected chi connectivity index (χ1v) is 11.6. The van der Waals surface area contributed by atoms with Crippen LogP contribution in [0.4, 0.5) is 17.1 Å². The van der Waals surface area contributed by atoms with E-state index in [1.807, 2.05) is 96.4 Å². The van der Waals surface area contributed by atoms with E-state index in [9.17, 15) is 9.90 Å². The van der Waals surface area contributed by atoms with Gasteiger partial charge in [0.05, 0.1) is 16.5 Å². The third kappa shape index (κ3) is 6.08. The monoisotopic (exact) mass is 455 g/mol. The summed E-state index contributed by atoms with van der Waals surface area (Å²) in [7, 11) is 0. The highest BCUT2D eigenvalue weighted by Crippen LogP contribution is 2.27. The Balaban J connectivity index is 1.42. The number of nitrogens with zero attached hydrogens (tertiary/aromatic N) is 1. The topological polar surface area (TPSA) is 87.7 Å². The standard InChI is InChI=1S/C27H25N3O2S/c28-26(25-10-5-17-33-25)30-22-14-11-19(12-15-22)13-16-24(27(31)32)20-6-4-9-23(18-20)29-21-7-2-1-3-8-21/h1-12,14-15,17-18,24,29H,13,16H2,(H2,28,30)(H,31,32). The molecule has 4 aromatic rings. The fourth-order valence-electron chi connectivity index (χ4n) is 3.62. The summed E-state index contributed by atoms with van der Waals surface area (Å²) in [5, 5.41) is 15.2. The zero-order valence-electron chi connectivity index (χ0n) is 18.0. The van der Waals surface area contributed by atoms with Gasteiger partial charge in [-0.25, -0.2) is 4.99 Å². The van der Waals surface area contributed by atoms with Gasteiger partial charge in [0, 0.05) is 11.4 Å². The predicted octanol–water partition coefficient (Wildman–Crippen LogP) is 6.33.